The zero-order valence-electron chi connectivity index (χ0n) is 10.9. The number of H-pyrrole nitrogens is 1. The van der Waals surface area contributed by atoms with Crippen LogP contribution in [0.1, 0.15) is 39.0 Å². The summed E-state index contributed by atoms with van der Waals surface area (Å²) < 4.78 is 1.19. The summed E-state index contributed by atoms with van der Waals surface area (Å²) in [5.74, 6) is 1.20. The second-order valence-corrected chi connectivity index (χ2v) is 4.96. The van der Waals surface area contributed by atoms with Crippen LogP contribution in [0.5, 0.6) is 0 Å². The van der Waals surface area contributed by atoms with Gasteiger partial charge in [-0.1, -0.05) is 19.3 Å². The zero-order chi connectivity index (χ0) is 13.0. The summed E-state index contributed by atoms with van der Waals surface area (Å²) in [7, 11) is 0. The predicted octanol–water partition coefficient (Wildman–Crippen LogP) is 1.55. The number of hydrogen-bond donors (Lipinski definition) is 2. The van der Waals surface area contributed by atoms with E-state index in [4.69, 9.17) is 0 Å². The van der Waals surface area contributed by atoms with Gasteiger partial charge in [-0.05, 0) is 25.7 Å². The molecule has 100 valence electrons. The number of aromatic amines is 1. The van der Waals surface area contributed by atoms with E-state index in [1.54, 1.807) is 6.92 Å². The fourth-order valence-corrected chi connectivity index (χ4v) is 2.56. The first-order valence-corrected chi connectivity index (χ1v) is 6.78. The lowest BCUT2D eigenvalue weighted by molar-refractivity contribution is 0.373. The topological polar surface area (TPSA) is 66.9 Å². The van der Waals surface area contributed by atoms with E-state index in [2.05, 4.69) is 10.3 Å². The van der Waals surface area contributed by atoms with Crippen molar-refractivity contribution in [2.24, 2.45) is 5.92 Å². The number of nitrogens with one attached hydrogen (secondary N) is 2. The molecule has 0 atom stereocenters. The van der Waals surface area contributed by atoms with Gasteiger partial charge < -0.3 is 5.32 Å². The van der Waals surface area contributed by atoms with Crippen LogP contribution in [0.25, 0.3) is 0 Å². The predicted molar refractivity (Wildman–Crippen MR) is 72.1 cm³/mol. The Labute approximate surface area is 106 Å². The molecular weight excluding hydrogens is 230 g/mol. The van der Waals surface area contributed by atoms with E-state index >= 15 is 0 Å². The van der Waals surface area contributed by atoms with Crippen molar-refractivity contribution in [3.63, 3.8) is 0 Å². The van der Waals surface area contributed by atoms with Crippen molar-refractivity contribution in [1.29, 1.82) is 0 Å². The van der Waals surface area contributed by atoms with E-state index < -0.39 is 0 Å². The van der Waals surface area contributed by atoms with Crippen LogP contribution in [0.4, 0.5) is 5.82 Å². The molecule has 0 radical (unpaired) electrons. The lowest BCUT2D eigenvalue weighted by Crippen LogP contribution is -2.34. The molecule has 1 aromatic heterocycles. The number of anilines is 1. The SMILES string of the molecule is CCn1c(=O)cc(NCC2CCCCC2)[nH]c1=O. The molecule has 0 unspecified atom stereocenters. The van der Waals surface area contributed by atoms with Gasteiger partial charge in [0.2, 0.25) is 0 Å². The van der Waals surface area contributed by atoms with Gasteiger partial charge in [-0.3, -0.25) is 14.3 Å². The van der Waals surface area contributed by atoms with Crippen molar-refractivity contribution in [3.8, 4) is 0 Å². The van der Waals surface area contributed by atoms with Crippen molar-refractivity contribution in [1.82, 2.24) is 9.55 Å². The fourth-order valence-electron chi connectivity index (χ4n) is 2.56. The van der Waals surface area contributed by atoms with Crippen molar-refractivity contribution in [2.45, 2.75) is 45.6 Å². The van der Waals surface area contributed by atoms with E-state index in [9.17, 15) is 9.59 Å². The molecule has 0 spiro atoms. The minimum atomic E-state index is -0.337. The van der Waals surface area contributed by atoms with Crippen LogP contribution in [-0.4, -0.2) is 16.1 Å². The molecule has 1 aliphatic carbocycles. The van der Waals surface area contributed by atoms with Gasteiger partial charge in [0.25, 0.3) is 5.56 Å². The molecule has 2 rings (SSSR count). The normalized spacial score (nSPS) is 16.7. The Hall–Kier alpha value is -1.52. The van der Waals surface area contributed by atoms with Gasteiger partial charge in [0.1, 0.15) is 5.82 Å². The molecule has 1 fully saturated rings. The Morgan fingerprint density at radius 3 is 2.67 bits per heavy atom. The minimum absolute atomic E-state index is 0.243. The first-order chi connectivity index (χ1) is 8.70. The van der Waals surface area contributed by atoms with Crippen LogP contribution in [-0.2, 0) is 6.54 Å². The van der Waals surface area contributed by atoms with Gasteiger partial charge in [-0.15, -0.1) is 0 Å². The maximum atomic E-state index is 11.6. The van der Waals surface area contributed by atoms with Crippen LogP contribution in [0.15, 0.2) is 15.7 Å². The summed E-state index contributed by atoms with van der Waals surface area (Å²) >= 11 is 0. The molecule has 18 heavy (non-hydrogen) atoms. The molecule has 1 aliphatic rings. The monoisotopic (exact) mass is 251 g/mol. The molecule has 5 nitrogen and oxygen atoms in total. The average molecular weight is 251 g/mol. The van der Waals surface area contributed by atoms with Crippen molar-refractivity contribution >= 4 is 5.82 Å². The molecular formula is C13H21N3O2. The Balaban J connectivity index is 2.01. The highest BCUT2D eigenvalue weighted by atomic mass is 16.2. The highest BCUT2D eigenvalue weighted by molar-refractivity contribution is 5.31. The average Bonchev–Trinajstić information content (AvgIpc) is 2.37. The largest absolute Gasteiger partial charge is 0.371 e. The van der Waals surface area contributed by atoms with Gasteiger partial charge in [-0.2, -0.15) is 0 Å². The highest BCUT2D eigenvalue weighted by Crippen LogP contribution is 2.23. The number of nitrogens with zero attached hydrogens (tertiary/aromatic N) is 1. The van der Waals surface area contributed by atoms with Gasteiger partial charge >= 0.3 is 5.69 Å². The summed E-state index contributed by atoms with van der Waals surface area (Å²) in [5.41, 5.74) is -0.580. The molecule has 5 heteroatoms. The van der Waals surface area contributed by atoms with E-state index in [0.29, 0.717) is 18.3 Å². The Bertz CT molecular complexity index is 466. The maximum Gasteiger partial charge on any atom is 0.329 e. The summed E-state index contributed by atoms with van der Waals surface area (Å²) in [6.45, 7) is 3.02. The second kappa shape index (κ2) is 5.89. The standard InChI is InChI=1S/C13H21N3O2/c1-2-16-12(17)8-11(15-13(16)18)14-9-10-6-4-3-5-7-10/h8,10,14H,2-7,9H2,1H3,(H,15,18). The third-order valence-corrected chi connectivity index (χ3v) is 3.64. The quantitative estimate of drug-likeness (QED) is 0.853. The summed E-state index contributed by atoms with van der Waals surface area (Å²) in [6, 6.07) is 1.47. The Morgan fingerprint density at radius 1 is 1.33 bits per heavy atom. The van der Waals surface area contributed by atoms with Crippen molar-refractivity contribution in [2.75, 3.05) is 11.9 Å². The van der Waals surface area contributed by atoms with Crippen LogP contribution < -0.4 is 16.6 Å². The molecule has 0 aromatic carbocycles. The van der Waals surface area contributed by atoms with Gasteiger partial charge in [-0.25, -0.2) is 4.79 Å². The van der Waals surface area contributed by atoms with Crippen LogP contribution in [0.3, 0.4) is 0 Å². The third kappa shape index (κ3) is 3.03. The molecule has 1 heterocycles. The Kier molecular flexibility index (Phi) is 4.23. The highest BCUT2D eigenvalue weighted by Gasteiger charge is 2.13. The van der Waals surface area contributed by atoms with E-state index in [-0.39, 0.29) is 11.2 Å². The van der Waals surface area contributed by atoms with Gasteiger partial charge in [0, 0.05) is 19.2 Å². The molecule has 0 amide bonds. The van der Waals surface area contributed by atoms with Crippen molar-refractivity contribution < 1.29 is 0 Å². The molecule has 0 bridgehead atoms. The molecule has 1 saturated carbocycles. The zero-order valence-corrected chi connectivity index (χ0v) is 10.9. The number of hydrogen-bond acceptors (Lipinski definition) is 3. The summed E-state index contributed by atoms with van der Waals surface area (Å²) in [6.07, 6.45) is 6.40. The summed E-state index contributed by atoms with van der Waals surface area (Å²) in [5, 5.41) is 3.18. The lowest BCUT2D eigenvalue weighted by Gasteiger charge is -2.22. The fraction of sp³-hybridized carbons (Fsp3) is 0.692. The molecule has 1 aromatic rings. The van der Waals surface area contributed by atoms with Gasteiger partial charge in [0.15, 0.2) is 0 Å². The molecule has 2 N–H and O–H groups in total. The van der Waals surface area contributed by atoms with E-state index in [1.165, 1.54) is 42.7 Å². The lowest BCUT2D eigenvalue weighted by atomic mass is 9.89. The maximum absolute atomic E-state index is 11.6. The minimum Gasteiger partial charge on any atom is -0.371 e. The first-order valence-electron chi connectivity index (χ1n) is 6.78. The second-order valence-electron chi connectivity index (χ2n) is 4.96. The third-order valence-electron chi connectivity index (χ3n) is 3.64. The van der Waals surface area contributed by atoms with Crippen LogP contribution >= 0.6 is 0 Å². The van der Waals surface area contributed by atoms with Crippen LogP contribution in [0.2, 0.25) is 0 Å². The van der Waals surface area contributed by atoms with E-state index in [1.807, 2.05) is 0 Å². The smallest absolute Gasteiger partial charge is 0.329 e. The molecule has 0 aliphatic heterocycles. The Morgan fingerprint density at radius 2 is 2.06 bits per heavy atom. The van der Waals surface area contributed by atoms with Gasteiger partial charge in [0.05, 0.1) is 0 Å². The summed E-state index contributed by atoms with van der Waals surface area (Å²) in [4.78, 5) is 26.0. The number of rotatable bonds is 4. The first kappa shape index (κ1) is 12.9. The van der Waals surface area contributed by atoms with Crippen molar-refractivity contribution in [3.05, 3.63) is 26.9 Å². The molecule has 0 saturated heterocycles. The van der Waals surface area contributed by atoms with E-state index in [0.717, 1.165) is 6.54 Å². The van der Waals surface area contributed by atoms with Crippen LogP contribution in [0, 0.1) is 5.92 Å². The number of aromatic nitrogens is 2.